The van der Waals surface area contributed by atoms with Crippen LogP contribution in [-0.4, -0.2) is 23.3 Å². The Bertz CT molecular complexity index is 1030. The minimum absolute atomic E-state index is 0.0124. The zero-order valence-corrected chi connectivity index (χ0v) is 16.8. The van der Waals surface area contributed by atoms with E-state index >= 15 is 0 Å². The van der Waals surface area contributed by atoms with Crippen molar-refractivity contribution in [2.24, 2.45) is 0 Å². The average Bonchev–Trinajstić information content (AvgIpc) is 3.18. The summed E-state index contributed by atoms with van der Waals surface area (Å²) in [5.74, 6) is -0.437. The Morgan fingerprint density at radius 1 is 1.10 bits per heavy atom. The molecule has 0 saturated carbocycles. The molecule has 4 nitrogen and oxygen atoms in total. The molecule has 3 aromatic rings. The second-order valence-electron chi connectivity index (χ2n) is 7.15. The fourth-order valence-corrected chi connectivity index (χ4v) is 4.55. The van der Waals surface area contributed by atoms with Gasteiger partial charge in [0.05, 0.1) is 10.9 Å². The number of rotatable bonds is 4. The lowest BCUT2D eigenvalue weighted by Gasteiger charge is -2.27. The molecular formula is C23H21FN2O2S. The molecule has 1 N–H and O–H groups in total. The van der Waals surface area contributed by atoms with Crippen molar-refractivity contribution in [2.45, 2.75) is 25.9 Å². The van der Waals surface area contributed by atoms with Crippen molar-refractivity contribution in [3.05, 3.63) is 92.9 Å². The maximum absolute atomic E-state index is 13.1. The monoisotopic (exact) mass is 408 g/mol. The minimum atomic E-state index is -0.298. The summed E-state index contributed by atoms with van der Waals surface area (Å²) in [6.45, 7) is 3.04. The van der Waals surface area contributed by atoms with Gasteiger partial charge in [-0.05, 0) is 54.8 Å². The van der Waals surface area contributed by atoms with Crippen molar-refractivity contribution < 1.29 is 14.0 Å². The molecule has 6 heteroatoms. The third-order valence-electron chi connectivity index (χ3n) is 5.12. The molecule has 0 saturated heterocycles. The quantitative estimate of drug-likeness (QED) is 0.687. The Labute approximate surface area is 173 Å². The number of amides is 2. The summed E-state index contributed by atoms with van der Waals surface area (Å²) < 4.78 is 13.1. The van der Waals surface area contributed by atoms with Crippen LogP contribution in [0.4, 0.5) is 4.39 Å². The van der Waals surface area contributed by atoms with Crippen LogP contribution in [0.15, 0.2) is 60.7 Å². The molecule has 0 fully saturated rings. The normalized spacial score (nSPS) is 14.2. The summed E-state index contributed by atoms with van der Waals surface area (Å²) in [5.41, 5.74) is 2.56. The molecule has 0 bridgehead atoms. The Hall–Kier alpha value is -2.99. The number of halogens is 1. The van der Waals surface area contributed by atoms with E-state index in [1.807, 2.05) is 48.2 Å². The fourth-order valence-electron chi connectivity index (χ4n) is 3.48. The van der Waals surface area contributed by atoms with Gasteiger partial charge in [0.25, 0.3) is 11.8 Å². The van der Waals surface area contributed by atoms with Crippen LogP contribution in [0.25, 0.3) is 0 Å². The van der Waals surface area contributed by atoms with Crippen molar-refractivity contribution in [3.63, 3.8) is 0 Å². The van der Waals surface area contributed by atoms with E-state index in [4.69, 9.17) is 0 Å². The van der Waals surface area contributed by atoms with Gasteiger partial charge < -0.3 is 10.2 Å². The van der Waals surface area contributed by atoms with Crippen molar-refractivity contribution >= 4 is 23.2 Å². The zero-order chi connectivity index (χ0) is 20.4. The van der Waals surface area contributed by atoms with Gasteiger partial charge in [0, 0.05) is 23.5 Å². The second kappa shape index (κ2) is 8.17. The summed E-state index contributed by atoms with van der Waals surface area (Å²) in [6.07, 6.45) is 0.749. The Morgan fingerprint density at radius 3 is 2.55 bits per heavy atom. The van der Waals surface area contributed by atoms with Crippen LogP contribution in [-0.2, 0) is 13.0 Å². The van der Waals surface area contributed by atoms with Crippen LogP contribution in [0.5, 0.6) is 0 Å². The number of fused-ring (bicyclic) bond motifs is 1. The zero-order valence-electron chi connectivity index (χ0n) is 16.0. The van der Waals surface area contributed by atoms with Crippen LogP contribution in [0.3, 0.4) is 0 Å². The number of nitrogens with one attached hydrogen (secondary N) is 1. The van der Waals surface area contributed by atoms with Gasteiger partial charge >= 0.3 is 0 Å². The van der Waals surface area contributed by atoms with Gasteiger partial charge in [0.2, 0.25) is 0 Å². The maximum atomic E-state index is 13.1. The highest BCUT2D eigenvalue weighted by Crippen LogP contribution is 2.29. The Morgan fingerprint density at radius 2 is 1.83 bits per heavy atom. The van der Waals surface area contributed by atoms with Gasteiger partial charge in [-0.25, -0.2) is 4.39 Å². The molecule has 4 rings (SSSR count). The smallest absolute Gasteiger partial charge is 0.261 e. The number of benzene rings is 2. The van der Waals surface area contributed by atoms with Crippen molar-refractivity contribution in [3.8, 4) is 0 Å². The van der Waals surface area contributed by atoms with Gasteiger partial charge in [-0.1, -0.05) is 30.3 Å². The summed E-state index contributed by atoms with van der Waals surface area (Å²) in [5, 5.41) is 2.97. The highest BCUT2D eigenvalue weighted by Gasteiger charge is 2.25. The van der Waals surface area contributed by atoms with Gasteiger partial charge in [-0.15, -0.1) is 11.3 Å². The molecule has 2 amide bonds. The van der Waals surface area contributed by atoms with E-state index < -0.39 is 0 Å². The lowest BCUT2D eigenvalue weighted by molar-refractivity contribution is 0.0736. The van der Waals surface area contributed by atoms with E-state index in [0.717, 1.165) is 22.4 Å². The van der Waals surface area contributed by atoms with Crippen LogP contribution < -0.4 is 5.32 Å². The molecule has 1 aliphatic heterocycles. The van der Waals surface area contributed by atoms with Crippen LogP contribution in [0.2, 0.25) is 0 Å². The van der Waals surface area contributed by atoms with Crippen LogP contribution in [0, 0.1) is 5.82 Å². The summed E-state index contributed by atoms with van der Waals surface area (Å²) >= 11 is 1.48. The molecule has 0 aliphatic carbocycles. The molecule has 1 aliphatic rings. The molecule has 148 valence electrons. The first-order chi connectivity index (χ1) is 14.0. The Kier molecular flexibility index (Phi) is 5.45. The number of carbonyl (C=O) groups excluding carboxylic acids is 2. The van der Waals surface area contributed by atoms with E-state index in [1.165, 1.54) is 23.5 Å². The topological polar surface area (TPSA) is 49.4 Å². The second-order valence-corrected chi connectivity index (χ2v) is 8.29. The van der Waals surface area contributed by atoms with E-state index in [9.17, 15) is 14.0 Å². The summed E-state index contributed by atoms with van der Waals surface area (Å²) in [6, 6.07) is 17.0. The van der Waals surface area contributed by atoms with Gasteiger partial charge in [-0.3, -0.25) is 9.59 Å². The molecule has 0 spiro atoms. The number of carbonyl (C=O) groups is 2. The first-order valence-corrected chi connectivity index (χ1v) is 10.3. The van der Waals surface area contributed by atoms with Crippen molar-refractivity contribution in [1.29, 1.82) is 0 Å². The maximum Gasteiger partial charge on any atom is 0.261 e. The predicted molar refractivity (Wildman–Crippen MR) is 111 cm³/mol. The first kappa shape index (κ1) is 19.3. The van der Waals surface area contributed by atoms with Gasteiger partial charge in [0.1, 0.15) is 5.82 Å². The fraction of sp³-hybridized carbons (Fsp3) is 0.217. The molecule has 1 atom stereocenters. The van der Waals surface area contributed by atoms with Crippen LogP contribution >= 0.6 is 11.3 Å². The number of hydrogen-bond donors (Lipinski definition) is 1. The summed E-state index contributed by atoms with van der Waals surface area (Å²) in [7, 11) is 0. The van der Waals surface area contributed by atoms with Gasteiger partial charge in [0.15, 0.2) is 0 Å². The van der Waals surface area contributed by atoms with Crippen LogP contribution in [0.1, 0.15) is 49.0 Å². The Balaban J connectivity index is 1.44. The number of hydrogen-bond acceptors (Lipinski definition) is 3. The van der Waals surface area contributed by atoms with E-state index in [0.29, 0.717) is 23.5 Å². The molecular weight excluding hydrogens is 387 g/mol. The third kappa shape index (κ3) is 4.22. The lowest BCUT2D eigenvalue weighted by atomic mass is 10.1. The SMILES string of the molecule is CC(NC(=O)c1cc2c(s1)CCN(C(=O)c1ccccc1)C2)c1ccc(F)cc1. The molecule has 1 unspecified atom stereocenters. The molecule has 1 aromatic heterocycles. The van der Waals surface area contributed by atoms with E-state index in [-0.39, 0.29) is 23.7 Å². The lowest BCUT2D eigenvalue weighted by Crippen LogP contribution is -2.35. The molecule has 0 radical (unpaired) electrons. The summed E-state index contributed by atoms with van der Waals surface area (Å²) in [4.78, 5) is 29.0. The molecule has 29 heavy (non-hydrogen) atoms. The van der Waals surface area contributed by atoms with E-state index in [2.05, 4.69) is 5.32 Å². The van der Waals surface area contributed by atoms with Gasteiger partial charge in [-0.2, -0.15) is 0 Å². The van der Waals surface area contributed by atoms with E-state index in [1.54, 1.807) is 12.1 Å². The standard InChI is InChI=1S/C23H21FN2O2S/c1-15(16-7-9-19(24)10-8-16)25-22(27)21-13-18-14-26(12-11-20(18)29-21)23(28)17-5-3-2-4-6-17/h2-10,13,15H,11-12,14H2,1H3,(H,25,27). The minimum Gasteiger partial charge on any atom is -0.345 e. The number of thiophene rings is 1. The third-order valence-corrected chi connectivity index (χ3v) is 6.35. The molecule has 2 heterocycles. The first-order valence-electron chi connectivity index (χ1n) is 9.53. The number of nitrogens with zero attached hydrogens (tertiary/aromatic N) is 1. The highest BCUT2D eigenvalue weighted by molar-refractivity contribution is 7.14. The average molecular weight is 408 g/mol. The molecule has 2 aromatic carbocycles. The largest absolute Gasteiger partial charge is 0.345 e. The van der Waals surface area contributed by atoms with Crippen molar-refractivity contribution in [1.82, 2.24) is 10.2 Å². The predicted octanol–water partition coefficient (Wildman–Crippen LogP) is 4.58. The van der Waals surface area contributed by atoms with Crippen molar-refractivity contribution in [2.75, 3.05) is 6.54 Å². The highest BCUT2D eigenvalue weighted by atomic mass is 32.1.